The average Bonchev–Trinajstić information content (AvgIpc) is 2.79. The van der Waals surface area contributed by atoms with Crippen LogP contribution in [0.1, 0.15) is 24.0 Å². The molecule has 0 aliphatic carbocycles. The van der Waals surface area contributed by atoms with Crippen LogP contribution in [0.3, 0.4) is 0 Å². The molecule has 0 radical (unpaired) electrons. The van der Waals surface area contributed by atoms with Crippen molar-refractivity contribution in [2.45, 2.75) is 25.3 Å². The predicted molar refractivity (Wildman–Crippen MR) is 115 cm³/mol. The number of rotatable bonds is 6. The second-order valence-corrected chi connectivity index (χ2v) is 7.26. The summed E-state index contributed by atoms with van der Waals surface area (Å²) >= 11 is 0. The fourth-order valence-corrected chi connectivity index (χ4v) is 3.79. The highest BCUT2D eigenvalue weighted by Crippen LogP contribution is 2.26. The Morgan fingerprint density at radius 1 is 0.964 bits per heavy atom. The van der Waals surface area contributed by atoms with Crippen molar-refractivity contribution in [3.63, 3.8) is 0 Å². The second kappa shape index (κ2) is 8.85. The Bertz CT molecular complexity index is 950. The third-order valence-electron chi connectivity index (χ3n) is 5.35. The summed E-state index contributed by atoms with van der Waals surface area (Å²) in [5.74, 6) is 0.870. The predicted octanol–water partition coefficient (Wildman–Crippen LogP) is 5.14. The molecule has 0 saturated carbocycles. The Labute approximate surface area is 167 Å². The largest absolute Gasteiger partial charge is 0.497 e. The van der Waals surface area contributed by atoms with Crippen molar-refractivity contribution in [1.29, 1.82) is 0 Å². The molecular formula is C25H26N2O. The Kier molecular flexibility index (Phi) is 5.83. The van der Waals surface area contributed by atoms with Gasteiger partial charge < -0.3 is 10.1 Å². The summed E-state index contributed by atoms with van der Waals surface area (Å²) in [7, 11) is 1.70. The van der Waals surface area contributed by atoms with E-state index in [1.54, 1.807) is 7.11 Å². The number of hydrogen-bond donors (Lipinski definition) is 1. The maximum Gasteiger partial charge on any atom is 0.119 e. The average molecular weight is 370 g/mol. The van der Waals surface area contributed by atoms with Gasteiger partial charge in [0.05, 0.1) is 7.11 Å². The van der Waals surface area contributed by atoms with Gasteiger partial charge in [-0.2, -0.15) is 0 Å². The topological polar surface area (TPSA) is 34.1 Å². The second-order valence-electron chi connectivity index (χ2n) is 7.26. The molecular weight excluding hydrogens is 344 g/mol. The first-order chi connectivity index (χ1) is 13.8. The standard InChI is InChI=1S/C25H26N2O/c1-28-25-9-5-8-21(16-25)23-14-19(17-26-18-23)10-11-24-15-22(12-13-27-24)20-6-3-2-4-7-20/h2-9,12,14,16-18,24,27H,10-11,13,15H2,1H3. The molecule has 142 valence electrons. The van der Waals surface area contributed by atoms with Crippen LogP contribution in [-0.4, -0.2) is 24.7 Å². The van der Waals surface area contributed by atoms with Gasteiger partial charge >= 0.3 is 0 Å². The summed E-state index contributed by atoms with van der Waals surface area (Å²) in [5, 5.41) is 3.64. The molecule has 3 aromatic rings. The molecule has 4 rings (SSSR count). The van der Waals surface area contributed by atoms with Crippen LogP contribution in [0.2, 0.25) is 0 Å². The Hall–Kier alpha value is -2.91. The smallest absolute Gasteiger partial charge is 0.119 e. The highest BCUT2D eigenvalue weighted by Gasteiger charge is 2.16. The van der Waals surface area contributed by atoms with Crippen molar-refractivity contribution >= 4 is 5.57 Å². The molecule has 1 aliphatic heterocycles. The van der Waals surface area contributed by atoms with Gasteiger partial charge in [0.2, 0.25) is 0 Å². The van der Waals surface area contributed by atoms with Crippen LogP contribution in [0.25, 0.3) is 16.7 Å². The highest BCUT2D eigenvalue weighted by atomic mass is 16.5. The molecule has 1 N–H and O–H groups in total. The quantitative estimate of drug-likeness (QED) is 0.653. The van der Waals surface area contributed by atoms with Crippen LogP contribution in [0.15, 0.2) is 79.1 Å². The Morgan fingerprint density at radius 3 is 2.68 bits per heavy atom. The first-order valence-corrected chi connectivity index (χ1v) is 9.88. The molecule has 0 amide bonds. The maximum atomic E-state index is 5.35. The molecule has 0 fully saturated rings. The number of nitrogens with one attached hydrogen (secondary N) is 1. The van der Waals surface area contributed by atoms with E-state index in [0.717, 1.165) is 42.7 Å². The molecule has 0 spiro atoms. The zero-order valence-corrected chi connectivity index (χ0v) is 16.3. The Balaban J connectivity index is 1.41. The van der Waals surface area contributed by atoms with Gasteiger partial charge in [0, 0.05) is 30.5 Å². The van der Waals surface area contributed by atoms with E-state index in [1.165, 1.54) is 16.7 Å². The van der Waals surface area contributed by atoms with E-state index in [0.29, 0.717) is 6.04 Å². The monoisotopic (exact) mass is 370 g/mol. The fourth-order valence-electron chi connectivity index (χ4n) is 3.79. The molecule has 1 aromatic heterocycles. The van der Waals surface area contributed by atoms with E-state index in [9.17, 15) is 0 Å². The summed E-state index contributed by atoms with van der Waals surface area (Å²) in [5.41, 5.74) is 6.35. The Morgan fingerprint density at radius 2 is 1.82 bits per heavy atom. The summed E-state index contributed by atoms with van der Waals surface area (Å²) in [4.78, 5) is 4.47. The molecule has 1 unspecified atom stereocenters. The van der Waals surface area contributed by atoms with E-state index in [2.05, 4.69) is 64.9 Å². The van der Waals surface area contributed by atoms with Crippen LogP contribution >= 0.6 is 0 Å². The number of nitrogens with zero attached hydrogens (tertiary/aromatic N) is 1. The van der Waals surface area contributed by atoms with Gasteiger partial charge in [-0.1, -0.05) is 48.5 Å². The van der Waals surface area contributed by atoms with Gasteiger partial charge in [-0.05, 0) is 59.7 Å². The maximum absolute atomic E-state index is 5.35. The van der Waals surface area contributed by atoms with Crippen molar-refractivity contribution < 1.29 is 4.74 Å². The van der Waals surface area contributed by atoms with Crippen molar-refractivity contribution in [3.05, 3.63) is 90.3 Å². The lowest BCUT2D eigenvalue weighted by Gasteiger charge is -2.24. The number of ether oxygens (including phenoxy) is 1. The molecule has 3 heteroatoms. The van der Waals surface area contributed by atoms with Gasteiger partial charge in [-0.15, -0.1) is 0 Å². The fraction of sp³-hybridized carbons (Fsp3) is 0.240. The zero-order valence-electron chi connectivity index (χ0n) is 16.3. The SMILES string of the molecule is COc1cccc(-c2cncc(CCC3CC(c4ccccc4)=CCN3)c2)c1. The molecule has 2 heterocycles. The number of benzene rings is 2. The lowest BCUT2D eigenvalue weighted by molar-refractivity contribution is 0.415. The van der Waals surface area contributed by atoms with E-state index < -0.39 is 0 Å². The van der Waals surface area contributed by atoms with Gasteiger partial charge in [0.15, 0.2) is 0 Å². The van der Waals surface area contributed by atoms with Crippen molar-refractivity contribution in [1.82, 2.24) is 10.3 Å². The van der Waals surface area contributed by atoms with Crippen LogP contribution in [0.4, 0.5) is 0 Å². The first-order valence-electron chi connectivity index (χ1n) is 9.88. The number of aromatic nitrogens is 1. The van der Waals surface area contributed by atoms with Crippen LogP contribution in [0.5, 0.6) is 5.75 Å². The molecule has 3 nitrogen and oxygen atoms in total. The van der Waals surface area contributed by atoms with E-state index in [4.69, 9.17) is 4.74 Å². The van der Waals surface area contributed by atoms with Gasteiger partial charge in [0.25, 0.3) is 0 Å². The lowest BCUT2D eigenvalue weighted by atomic mass is 9.92. The van der Waals surface area contributed by atoms with Crippen molar-refractivity contribution in [2.24, 2.45) is 0 Å². The summed E-state index contributed by atoms with van der Waals surface area (Å²) in [6.07, 6.45) is 9.43. The van der Waals surface area contributed by atoms with Crippen LogP contribution < -0.4 is 10.1 Å². The minimum absolute atomic E-state index is 0.501. The molecule has 2 aromatic carbocycles. The molecule has 0 bridgehead atoms. The van der Waals surface area contributed by atoms with Gasteiger partial charge in [0.1, 0.15) is 5.75 Å². The van der Waals surface area contributed by atoms with Crippen molar-refractivity contribution in [3.8, 4) is 16.9 Å². The van der Waals surface area contributed by atoms with E-state index in [-0.39, 0.29) is 0 Å². The third kappa shape index (κ3) is 4.49. The number of pyridine rings is 1. The minimum atomic E-state index is 0.501. The molecule has 1 atom stereocenters. The van der Waals surface area contributed by atoms with E-state index >= 15 is 0 Å². The van der Waals surface area contributed by atoms with Crippen molar-refractivity contribution in [2.75, 3.05) is 13.7 Å². The highest BCUT2D eigenvalue weighted by molar-refractivity contribution is 5.67. The molecule has 0 saturated heterocycles. The normalized spacial score (nSPS) is 16.5. The van der Waals surface area contributed by atoms with Crippen LogP contribution in [-0.2, 0) is 6.42 Å². The third-order valence-corrected chi connectivity index (χ3v) is 5.35. The first kappa shape index (κ1) is 18.5. The number of aryl methyl sites for hydroxylation is 1. The minimum Gasteiger partial charge on any atom is -0.497 e. The summed E-state index contributed by atoms with van der Waals surface area (Å²) < 4.78 is 5.35. The van der Waals surface area contributed by atoms with Gasteiger partial charge in [-0.25, -0.2) is 0 Å². The number of methoxy groups -OCH3 is 1. The van der Waals surface area contributed by atoms with E-state index in [1.807, 2.05) is 24.5 Å². The summed E-state index contributed by atoms with van der Waals surface area (Å²) in [6.45, 7) is 0.941. The van der Waals surface area contributed by atoms with Crippen LogP contribution in [0, 0.1) is 0 Å². The van der Waals surface area contributed by atoms with Gasteiger partial charge in [-0.3, -0.25) is 4.98 Å². The number of hydrogen-bond acceptors (Lipinski definition) is 3. The summed E-state index contributed by atoms with van der Waals surface area (Å²) in [6, 6.07) is 21.6. The molecule has 1 aliphatic rings. The zero-order chi connectivity index (χ0) is 19.2. The molecule has 28 heavy (non-hydrogen) atoms. The lowest BCUT2D eigenvalue weighted by Crippen LogP contribution is -2.33.